The molecule has 2 unspecified atom stereocenters. The Labute approximate surface area is 137 Å². The van der Waals surface area contributed by atoms with Crippen LogP contribution in [-0.4, -0.2) is 47.9 Å². The second-order valence-corrected chi connectivity index (χ2v) is 6.52. The molecule has 1 aliphatic carbocycles. The predicted octanol–water partition coefficient (Wildman–Crippen LogP) is 2.46. The smallest absolute Gasteiger partial charge is 0.318 e. The molecule has 5 heteroatoms. The van der Waals surface area contributed by atoms with Gasteiger partial charge < -0.3 is 20.1 Å². The Morgan fingerprint density at radius 3 is 2.78 bits per heavy atom. The van der Waals surface area contributed by atoms with Gasteiger partial charge in [-0.3, -0.25) is 0 Å². The summed E-state index contributed by atoms with van der Waals surface area (Å²) in [5, 5.41) is 13.6. The summed E-state index contributed by atoms with van der Waals surface area (Å²) in [6, 6.07) is 9.81. The molecule has 1 saturated carbocycles. The number of rotatable bonds is 4. The first-order chi connectivity index (χ1) is 11.2. The molecule has 1 heterocycles. The van der Waals surface area contributed by atoms with Gasteiger partial charge in [0.1, 0.15) is 0 Å². The monoisotopic (exact) mass is 318 g/mol. The van der Waals surface area contributed by atoms with E-state index in [0.717, 1.165) is 18.4 Å². The molecule has 3 rings (SSSR count). The molecule has 2 N–H and O–H groups in total. The number of carbonyl (C=O) groups excluding carboxylic acids is 1. The Balaban J connectivity index is 1.60. The van der Waals surface area contributed by atoms with Crippen LogP contribution in [0.15, 0.2) is 30.3 Å². The van der Waals surface area contributed by atoms with Gasteiger partial charge in [0.25, 0.3) is 0 Å². The van der Waals surface area contributed by atoms with E-state index in [1.165, 1.54) is 12.8 Å². The molecule has 23 heavy (non-hydrogen) atoms. The maximum Gasteiger partial charge on any atom is 0.318 e. The maximum atomic E-state index is 12.6. The average Bonchev–Trinajstić information content (AvgIpc) is 3.09. The summed E-state index contributed by atoms with van der Waals surface area (Å²) in [5.41, 5.74) is 0.884. The second-order valence-electron chi connectivity index (χ2n) is 6.52. The molecular formula is C18H26N2O3. The minimum absolute atomic E-state index is 0.00883. The highest BCUT2D eigenvalue weighted by molar-refractivity contribution is 5.75. The lowest BCUT2D eigenvalue weighted by molar-refractivity contribution is -0.00737. The van der Waals surface area contributed by atoms with Crippen LogP contribution in [0.5, 0.6) is 0 Å². The van der Waals surface area contributed by atoms with Crippen LogP contribution in [0.1, 0.15) is 43.8 Å². The van der Waals surface area contributed by atoms with Crippen LogP contribution in [0, 0.1) is 0 Å². The maximum absolute atomic E-state index is 12.6. The first-order valence-corrected chi connectivity index (χ1v) is 8.62. The molecule has 1 aromatic carbocycles. The van der Waals surface area contributed by atoms with Crippen LogP contribution in [-0.2, 0) is 4.74 Å². The number of aliphatic hydroxyl groups excluding tert-OH is 1. The first kappa shape index (κ1) is 16.3. The van der Waals surface area contributed by atoms with Gasteiger partial charge in [0.2, 0.25) is 0 Å². The van der Waals surface area contributed by atoms with E-state index >= 15 is 0 Å². The summed E-state index contributed by atoms with van der Waals surface area (Å²) in [6.45, 7) is 1.64. The number of carbonyl (C=O) groups is 1. The van der Waals surface area contributed by atoms with E-state index in [2.05, 4.69) is 5.32 Å². The molecule has 0 aromatic heterocycles. The summed E-state index contributed by atoms with van der Waals surface area (Å²) in [7, 11) is 0. The summed E-state index contributed by atoms with van der Waals surface area (Å²) < 4.78 is 5.54. The Kier molecular flexibility index (Phi) is 5.51. The molecule has 1 aliphatic heterocycles. The largest absolute Gasteiger partial charge is 0.388 e. The quantitative estimate of drug-likeness (QED) is 0.896. The zero-order chi connectivity index (χ0) is 16.1. The molecule has 1 saturated heterocycles. The zero-order valence-corrected chi connectivity index (χ0v) is 13.5. The van der Waals surface area contributed by atoms with Crippen molar-refractivity contribution in [1.82, 2.24) is 10.2 Å². The van der Waals surface area contributed by atoms with Crippen molar-refractivity contribution in [1.29, 1.82) is 0 Å². The molecule has 1 aromatic rings. The average molecular weight is 318 g/mol. The summed E-state index contributed by atoms with van der Waals surface area (Å²) in [4.78, 5) is 14.4. The van der Waals surface area contributed by atoms with Gasteiger partial charge in [-0.05, 0) is 18.4 Å². The molecule has 2 amide bonds. The normalized spacial score (nSPS) is 23.7. The van der Waals surface area contributed by atoms with Crippen molar-refractivity contribution in [2.75, 3.05) is 19.8 Å². The lowest BCUT2D eigenvalue weighted by Gasteiger charge is -2.37. The summed E-state index contributed by atoms with van der Waals surface area (Å²) in [6.07, 6.45) is 4.47. The van der Waals surface area contributed by atoms with E-state index in [0.29, 0.717) is 32.2 Å². The third-order valence-corrected chi connectivity index (χ3v) is 4.85. The zero-order valence-electron chi connectivity index (χ0n) is 13.5. The molecule has 126 valence electrons. The fourth-order valence-electron chi connectivity index (χ4n) is 3.51. The van der Waals surface area contributed by atoms with Gasteiger partial charge in [-0.2, -0.15) is 0 Å². The van der Waals surface area contributed by atoms with Crippen molar-refractivity contribution in [3.05, 3.63) is 35.9 Å². The number of morpholine rings is 1. The Bertz CT molecular complexity index is 502. The number of hydrogen-bond acceptors (Lipinski definition) is 3. The van der Waals surface area contributed by atoms with Crippen molar-refractivity contribution in [3.8, 4) is 0 Å². The van der Waals surface area contributed by atoms with E-state index < -0.39 is 6.10 Å². The van der Waals surface area contributed by atoms with Crippen LogP contribution in [0.2, 0.25) is 0 Å². The fourth-order valence-corrected chi connectivity index (χ4v) is 3.51. The van der Waals surface area contributed by atoms with E-state index in [1.54, 1.807) is 0 Å². The number of urea groups is 1. The highest BCUT2D eigenvalue weighted by Gasteiger charge is 2.31. The topological polar surface area (TPSA) is 61.8 Å². The molecule has 0 bridgehead atoms. The molecule has 2 fully saturated rings. The minimum atomic E-state index is -0.579. The van der Waals surface area contributed by atoms with Crippen LogP contribution < -0.4 is 5.32 Å². The van der Waals surface area contributed by atoms with Gasteiger partial charge in [-0.25, -0.2) is 4.79 Å². The van der Waals surface area contributed by atoms with Crippen molar-refractivity contribution < 1.29 is 14.6 Å². The van der Waals surface area contributed by atoms with Gasteiger partial charge in [0.05, 0.1) is 25.4 Å². The number of nitrogens with zero attached hydrogens (tertiary/aromatic N) is 1. The molecule has 0 radical (unpaired) electrons. The highest BCUT2D eigenvalue weighted by atomic mass is 16.5. The fraction of sp³-hybridized carbons (Fsp3) is 0.611. The molecular weight excluding hydrogens is 292 g/mol. The third-order valence-electron chi connectivity index (χ3n) is 4.85. The van der Waals surface area contributed by atoms with Crippen LogP contribution >= 0.6 is 0 Å². The van der Waals surface area contributed by atoms with Gasteiger partial charge in [0, 0.05) is 19.0 Å². The Morgan fingerprint density at radius 2 is 2.04 bits per heavy atom. The molecule has 0 spiro atoms. The number of nitrogens with one attached hydrogen (secondary N) is 1. The van der Waals surface area contributed by atoms with E-state index in [9.17, 15) is 9.90 Å². The lowest BCUT2D eigenvalue weighted by Crippen LogP contribution is -2.54. The predicted molar refractivity (Wildman–Crippen MR) is 88.1 cm³/mol. The van der Waals surface area contributed by atoms with Gasteiger partial charge in [0.15, 0.2) is 0 Å². The van der Waals surface area contributed by atoms with Crippen LogP contribution in [0.3, 0.4) is 0 Å². The lowest BCUT2D eigenvalue weighted by atomic mass is 10.0. The first-order valence-electron chi connectivity index (χ1n) is 8.62. The number of hydrogen-bond donors (Lipinski definition) is 2. The van der Waals surface area contributed by atoms with E-state index in [-0.39, 0.29) is 12.1 Å². The van der Waals surface area contributed by atoms with Crippen molar-refractivity contribution in [2.45, 2.75) is 50.3 Å². The minimum Gasteiger partial charge on any atom is -0.388 e. The van der Waals surface area contributed by atoms with Crippen molar-refractivity contribution in [3.63, 3.8) is 0 Å². The van der Waals surface area contributed by atoms with Crippen LogP contribution in [0.25, 0.3) is 0 Å². The Morgan fingerprint density at radius 1 is 1.30 bits per heavy atom. The van der Waals surface area contributed by atoms with E-state index in [4.69, 9.17) is 4.74 Å². The van der Waals surface area contributed by atoms with Crippen LogP contribution in [0.4, 0.5) is 4.79 Å². The number of aliphatic hydroxyl groups is 1. The van der Waals surface area contributed by atoms with Crippen molar-refractivity contribution in [2.24, 2.45) is 0 Å². The highest BCUT2D eigenvalue weighted by Crippen LogP contribution is 2.23. The van der Waals surface area contributed by atoms with Gasteiger partial charge in [-0.1, -0.05) is 43.2 Å². The summed E-state index contributed by atoms with van der Waals surface area (Å²) >= 11 is 0. The standard InChI is InChI=1S/C18H26N2O3/c21-17(14-6-2-1-3-7-14)12-16-13-23-11-10-20(16)18(22)19-15-8-4-5-9-15/h1-3,6-7,15-17,21H,4-5,8-13H2,(H,19,22). The molecule has 5 nitrogen and oxygen atoms in total. The second kappa shape index (κ2) is 7.79. The van der Waals surface area contributed by atoms with Crippen molar-refractivity contribution >= 4 is 6.03 Å². The molecule has 2 aliphatic rings. The number of benzene rings is 1. The van der Waals surface area contributed by atoms with Gasteiger partial charge in [-0.15, -0.1) is 0 Å². The summed E-state index contributed by atoms with van der Waals surface area (Å²) in [5.74, 6) is 0. The number of ether oxygens (including phenoxy) is 1. The Hall–Kier alpha value is -1.59. The SMILES string of the molecule is O=C(NC1CCCC1)N1CCOCC1CC(O)c1ccccc1. The third kappa shape index (κ3) is 4.24. The number of amides is 2. The van der Waals surface area contributed by atoms with Gasteiger partial charge >= 0.3 is 6.03 Å². The molecule has 2 atom stereocenters. The van der Waals surface area contributed by atoms with E-state index in [1.807, 2.05) is 35.2 Å².